The molecule has 3 aromatic heterocycles. The van der Waals surface area contributed by atoms with E-state index in [0.29, 0.717) is 32.5 Å². The molecule has 0 fully saturated rings. The number of nitrogens with one attached hydrogen (secondary N) is 1. The quantitative estimate of drug-likeness (QED) is 0.242. The molecule has 4 aromatic rings. The summed E-state index contributed by atoms with van der Waals surface area (Å²) < 4.78 is 5.38. The summed E-state index contributed by atoms with van der Waals surface area (Å²) in [5.74, 6) is -0.239. The number of halogens is 2. The number of nitrogens with zero attached hydrogens (tertiary/aromatic N) is 3. The smallest absolute Gasteiger partial charge is 0.259 e. The van der Waals surface area contributed by atoms with Crippen LogP contribution >= 0.6 is 34.5 Å². The number of Topliss-reactive ketones (excluding diaryl/α,β-unsaturated/α-hetero) is 1. The van der Waals surface area contributed by atoms with Crippen LogP contribution in [-0.2, 0) is 13.0 Å². The van der Waals surface area contributed by atoms with E-state index in [0.717, 1.165) is 16.9 Å². The highest BCUT2D eigenvalue weighted by atomic mass is 35.5. The second kappa shape index (κ2) is 10.9. The zero-order valence-corrected chi connectivity index (χ0v) is 20.6. The van der Waals surface area contributed by atoms with Crippen LogP contribution in [0.3, 0.4) is 0 Å². The van der Waals surface area contributed by atoms with Crippen LogP contribution in [0.5, 0.6) is 5.75 Å². The molecule has 1 aromatic carbocycles. The second-order valence-electron chi connectivity index (χ2n) is 7.30. The normalized spacial score (nSPS) is 10.7. The molecule has 11 heteroatoms. The maximum absolute atomic E-state index is 13.2. The summed E-state index contributed by atoms with van der Waals surface area (Å²) in [6, 6.07) is 10.2. The van der Waals surface area contributed by atoms with Crippen molar-refractivity contribution in [1.29, 1.82) is 0 Å². The average Bonchev–Trinajstić information content (AvgIpc) is 3.33. The topological polar surface area (TPSA) is 114 Å². The third kappa shape index (κ3) is 5.83. The lowest BCUT2D eigenvalue weighted by Gasteiger charge is -2.13. The predicted molar refractivity (Wildman–Crippen MR) is 135 cm³/mol. The Kier molecular flexibility index (Phi) is 7.72. The number of anilines is 1. The number of rotatable bonds is 8. The van der Waals surface area contributed by atoms with Gasteiger partial charge in [0.15, 0.2) is 10.9 Å². The molecule has 0 atom stereocenters. The highest BCUT2D eigenvalue weighted by Gasteiger charge is 2.20. The highest BCUT2D eigenvalue weighted by Crippen LogP contribution is 2.34. The molecule has 0 bridgehead atoms. The molecule has 178 valence electrons. The monoisotopic (exact) mass is 528 g/mol. The molecule has 0 radical (unpaired) electrons. The van der Waals surface area contributed by atoms with Gasteiger partial charge in [-0.05, 0) is 29.8 Å². The van der Waals surface area contributed by atoms with Crippen molar-refractivity contribution in [3.63, 3.8) is 0 Å². The molecule has 3 heterocycles. The SMILES string of the molecule is COc1cnc(Cl)cc1-c1cc(CO)ncc1C(=O)Nc1ncc(C(=O)Cc2ccc(Cl)cc2)s1. The molecule has 0 unspecified atom stereocenters. The molecule has 0 spiro atoms. The van der Waals surface area contributed by atoms with Crippen LogP contribution in [-0.4, -0.2) is 38.9 Å². The van der Waals surface area contributed by atoms with Crippen molar-refractivity contribution in [2.45, 2.75) is 13.0 Å². The van der Waals surface area contributed by atoms with Gasteiger partial charge in [0, 0.05) is 28.8 Å². The van der Waals surface area contributed by atoms with Crippen molar-refractivity contribution in [1.82, 2.24) is 15.0 Å². The first-order valence-electron chi connectivity index (χ1n) is 10.2. The number of amides is 1. The highest BCUT2D eigenvalue weighted by molar-refractivity contribution is 7.17. The van der Waals surface area contributed by atoms with Gasteiger partial charge >= 0.3 is 0 Å². The Morgan fingerprint density at radius 2 is 1.80 bits per heavy atom. The van der Waals surface area contributed by atoms with Crippen molar-refractivity contribution >= 4 is 51.4 Å². The molecule has 0 aliphatic carbocycles. The van der Waals surface area contributed by atoms with Gasteiger partial charge in [0.2, 0.25) is 0 Å². The molecular formula is C24H18Cl2N4O4S. The fourth-order valence-corrected chi connectivity index (χ4v) is 4.31. The van der Waals surface area contributed by atoms with Crippen LogP contribution in [0.4, 0.5) is 5.13 Å². The fourth-order valence-electron chi connectivity index (χ4n) is 3.28. The maximum Gasteiger partial charge on any atom is 0.259 e. The summed E-state index contributed by atoms with van der Waals surface area (Å²) in [6.45, 7) is -0.318. The van der Waals surface area contributed by atoms with Gasteiger partial charge in [-0.25, -0.2) is 9.97 Å². The van der Waals surface area contributed by atoms with Crippen LogP contribution in [0.2, 0.25) is 10.2 Å². The van der Waals surface area contributed by atoms with Crippen LogP contribution in [0.1, 0.15) is 31.3 Å². The van der Waals surface area contributed by atoms with E-state index in [1.54, 1.807) is 36.4 Å². The zero-order chi connectivity index (χ0) is 24.9. The van der Waals surface area contributed by atoms with Gasteiger partial charge in [0.1, 0.15) is 10.9 Å². The lowest BCUT2D eigenvalue weighted by atomic mass is 10.00. The van der Waals surface area contributed by atoms with Gasteiger partial charge < -0.3 is 9.84 Å². The molecule has 0 saturated carbocycles. The number of aliphatic hydroxyl groups excluding tert-OH is 1. The Bertz CT molecular complexity index is 1390. The van der Waals surface area contributed by atoms with Gasteiger partial charge in [-0.3, -0.25) is 19.9 Å². The number of carbonyl (C=O) groups is 2. The molecule has 0 saturated heterocycles. The summed E-state index contributed by atoms with van der Waals surface area (Å²) >= 11 is 13.0. The number of carbonyl (C=O) groups excluding carboxylic acids is 2. The molecule has 2 N–H and O–H groups in total. The predicted octanol–water partition coefficient (Wildman–Crippen LogP) is 5.09. The molecule has 0 aliphatic rings. The van der Waals surface area contributed by atoms with E-state index in [1.165, 1.54) is 25.7 Å². The van der Waals surface area contributed by atoms with Gasteiger partial charge in [-0.15, -0.1) is 0 Å². The molecule has 4 rings (SSSR count). The Labute approximate surface area is 214 Å². The number of aliphatic hydroxyl groups is 1. The number of ether oxygens (including phenoxy) is 1. The summed E-state index contributed by atoms with van der Waals surface area (Å²) in [4.78, 5) is 38.5. The number of methoxy groups -OCH3 is 1. The number of hydrogen-bond donors (Lipinski definition) is 2. The second-order valence-corrected chi connectivity index (χ2v) is 9.15. The van der Waals surface area contributed by atoms with Gasteiger partial charge in [-0.2, -0.15) is 0 Å². The fraction of sp³-hybridized carbons (Fsp3) is 0.125. The third-order valence-electron chi connectivity index (χ3n) is 4.99. The number of ketones is 1. The standard InChI is InChI=1S/C24H18Cl2N4O4S/c1-34-20-10-28-22(26)8-17(20)16-7-15(12-31)27-9-18(16)23(33)30-24-29-11-21(35-24)19(32)6-13-2-4-14(25)5-3-13/h2-5,7-11,31H,6,12H2,1H3,(H,29,30,33). The van der Waals surface area contributed by atoms with E-state index in [-0.39, 0.29) is 34.7 Å². The largest absolute Gasteiger partial charge is 0.494 e. The first kappa shape index (κ1) is 24.7. The summed E-state index contributed by atoms with van der Waals surface area (Å²) in [7, 11) is 1.47. The summed E-state index contributed by atoms with van der Waals surface area (Å²) in [6.07, 6.45) is 4.41. The minimum atomic E-state index is -0.502. The van der Waals surface area contributed by atoms with E-state index in [1.807, 2.05) is 0 Å². The van der Waals surface area contributed by atoms with Crippen molar-refractivity contribution < 1.29 is 19.4 Å². The minimum Gasteiger partial charge on any atom is -0.494 e. The zero-order valence-electron chi connectivity index (χ0n) is 18.3. The van der Waals surface area contributed by atoms with Gasteiger partial charge in [0.05, 0.1) is 42.2 Å². The van der Waals surface area contributed by atoms with Crippen molar-refractivity contribution in [2.75, 3.05) is 12.4 Å². The third-order valence-corrected chi connectivity index (χ3v) is 6.40. The lowest BCUT2D eigenvalue weighted by molar-refractivity contribution is 0.0994. The summed E-state index contributed by atoms with van der Waals surface area (Å²) in [5.41, 5.74) is 2.33. The maximum atomic E-state index is 13.2. The summed E-state index contributed by atoms with van der Waals surface area (Å²) in [5, 5.41) is 13.3. The average molecular weight is 529 g/mol. The van der Waals surface area contributed by atoms with Crippen molar-refractivity contribution in [2.24, 2.45) is 0 Å². The molecular weight excluding hydrogens is 511 g/mol. The van der Waals surface area contributed by atoms with Crippen molar-refractivity contribution in [3.05, 3.63) is 86.9 Å². The lowest BCUT2D eigenvalue weighted by Crippen LogP contribution is -2.14. The molecule has 8 nitrogen and oxygen atoms in total. The Morgan fingerprint density at radius 3 is 2.51 bits per heavy atom. The number of hydrogen-bond acceptors (Lipinski definition) is 8. The van der Waals surface area contributed by atoms with Gasteiger partial charge in [0.25, 0.3) is 5.91 Å². The first-order valence-corrected chi connectivity index (χ1v) is 11.8. The molecule has 35 heavy (non-hydrogen) atoms. The number of thiazole rings is 1. The van der Waals surface area contributed by atoms with E-state index < -0.39 is 5.91 Å². The van der Waals surface area contributed by atoms with E-state index >= 15 is 0 Å². The Morgan fingerprint density at radius 1 is 1.03 bits per heavy atom. The van der Waals surface area contributed by atoms with E-state index in [9.17, 15) is 14.7 Å². The van der Waals surface area contributed by atoms with E-state index in [4.69, 9.17) is 27.9 Å². The Balaban J connectivity index is 1.58. The van der Waals surface area contributed by atoms with Crippen molar-refractivity contribution in [3.8, 4) is 16.9 Å². The molecule has 1 amide bonds. The number of benzene rings is 1. The van der Waals surface area contributed by atoms with Crippen LogP contribution < -0.4 is 10.1 Å². The van der Waals surface area contributed by atoms with Crippen LogP contribution in [0.15, 0.2) is 55.0 Å². The van der Waals surface area contributed by atoms with E-state index in [2.05, 4.69) is 20.3 Å². The first-order chi connectivity index (χ1) is 16.9. The van der Waals surface area contributed by atoms with Crippen LogP contribution in [0, 0.1) is 0 Å². The number of pyridine rings is 2. The van der Waals surface area contributed by atoms with Gasteiger partial charge in [-0.1, -0.05) is 46.7 Å². The minimum absolute atomic E-state index is 0.129. The molecule has 0 aliphatic heterocycles. The number of aromatic nitrogens is 3. The Hall–Kier alpha value is -3.37. The van der Waals surface area contributed by atoms with Crippen LogP contribution in [0.25, 0.3) is 11.1 Å².